The van der Waals surface area contributed by atoms with Gasteiger partial charge in [-0.3, -0.25) is 9.59 Å². The lowest BCUT2D eigenvalue weighted by Gasteiger charge is -2.23. The minimum Gasteiger partial charge on any atom is -0.456 e. The Balaban J connectivity index is 1.22. The summed E-state index contributed by atoms with van der Waals surface area (Å²) in [6.45, 7) is 0. The van der Waals surface area contributed by atoms with Crippen LogP contribution in [-0.4, -0.2) is 12.2 Å². The number of fused-ring (bicyclic) bond motifs is 1. The van der Waals surface area contributed by atoms with Crippen LogP contribution in [0.2, 0.25) is 0 Å². The molecule has 5 aromatic rings. The summed E-state index contributed by atoms with van der Waals surface area (Å²) in [5.74, 6) is 0.980. The van der Waals surface area contributed by atoms with E-state index in [-0.39, 0.29) is 11.8 Å². The third-order valence-electron chi connectivity index (χ3n) is 8.11. The zero-order valence-electron chi connectivity index (χ0n) is 22.4. The molecule has 4 nitrogen and oxygen atoms in total. The lowest BCUT2D eigenvalue weighted by molar-refractivity contribution is -0.117. The first kappa shape index (κ1) is 25.8. The highest BCUT2D eigenvalue weighted by molar-refractivity contribution is 5.96. The predicted molar refractivity (Wildman–Crippen MR) is 160 cm³/mol. The van der Waals surface area contributed by atoms with Crippen molar-refractivity contribution in [3.8, 4) is 11.3 Å². The van der Waals surface area contributed by atoms with E-state index in [1.807, 2.05) is 73.0 Å². The van der Waals surface area contributed by atoms with E-state index < -0.39 is 0 Å². The molecule has 1 N–H and O–H groups in total. The number of hydrogen-bond donors (Lipinski definition) is 1. The van der Waals surface area contributed by atoms with E-state index in [2.05, 4.69) is 29.6 Å². The van der Waals surface area contributed by atoms with E-state index in [0.29, 0.717) is 17.9 Å². The quantitative estimate of drug-likeness (QED) is 0.220. The number of para-hydroxylation sites is 1. The highest BCUT2D eigenvalue weighted by Crippen LogP contribution is 2.34. The molecule has 1 aromatic heterocycles. The molecular formula is C36H32NO3. The van der Waals surface area contributed by atoms with Crippen molar-refractivity contribution < 1.29 is 14.0 Å². The molecule has 6 rings (SSSR count). The Morgan fingerprint density at radius 2 is 1.57 bits per heavy atom. The van der Waals surface area contributed by atoms with Crippen molar-refractivity contribution in [2.24, 2.45) is 0 Å². The van der Waals surface area contributed by atoms with Gasteiger partial charge in [0.05, 0.1) is 5.92 Å². The van der Waals surface area contributed by atoms with Gasteiger partial charge in [-0.05, 0) is 78.3 Å². The number of amides is 1. The lowest BCUT2D eigenvalue weighted by atomic mass is 9.83. The van der Waals surface area contributed by atoms with Gasteiger partial charge >= 0.3 is 0 Å². The van der Waals surface area contributed by atoms with Gasteiger partial charge in [-0.2, -0.15) is 0 Å². The fourth-order valence-corrected chi connectivity index (χ4v) is 5.81. The number of furan rings is 1. The minimum atomic E-state index is -0.374. The molecule has 0 bridgehead atoms. The summed E-state index contributed by atoms with van der Waals surface area (Å²) in [6.07, 6.45) is 8.85. The highest BCUT2D eigenvalue weighted by atomic mass is 16.3. The van der Waals surface area contributed by atoms with E-state index >= 15 is 0 Å². The van der Waals surface area contributed by atoms with Crippen LogP contribution in [0, 0.1) is 0 Å². The van der Waals surface area contributed by atoms with Crippen molar-refractivity contribution in [1.82, 2.24) is 0 Å². The van der Waals surface area contributed by atoms with Crippen molar-refractivity contribution in [3.63, 3.8) is 0 Å². The van der Waals surface area contributed by atoms with E-state index in [9.17, 15) is 9.59 Å². The summed E-state index contributed by atoms with van der Waals surface area (Å²) in [5.41, 5.74) is 6.40. The molecule has 1 atom stereocenters. The summed E-state index contributed by atoms with van der Waals surface area (Å²) >= 11 is 0. The first-order valence-electron chi connectivity index (χ1n) is 14.1. The SMILES string of the molecule is O=[C]c1ccc(CC(C(=O)Nc2ccc(-c3cc4ccccc4o3)cc2)c2ccc(C3CCCCC3)cc2)cc1. The maximum atomic E-state index is 13.7. The molecule has 4 heteroatoms. The van der Waals surface area contributed by atoms with Gasteiger partial charge in [-0.25, -0.2) is 0 Å². The number of hydrogen-bond acceptors (Lipinski definition) is 3. The average Bonchev–Trinajstić information content (AvgIpc) is 3.45. The standard InChI is InChI=1S/C36H32NO3/c38-24-26-12-10-25(11-13-26)22-33(29-16-14-28(15-17-29)27-6-2-1-3-7-27)36(39)37-32-20-18-30(19-21-32)35-23-31-8-4-5-9-34(31)40-35/h4-5,8-21,23,27,33H,1-3,6-7,22H2,(H,37,39). The molecule has 1 saturated carbocycles. The van der Waals surface area contributed by atoms with Gasteiger partial charge in [0, 0.05) is 22.2 Å². The van der Waals surface area contributed by atoms with Crippen LogP contribution >= 0.6 is 0 Å². The molecule has 199 valence electrons. The molecular weight excluding hydrogens is 494 g/mol. The predicted octanol–water partition coefficient (Wildman–Crippen LogP) is 8.57. The van der Waals surface area contributed by atoms with Gasteiger partial charge in [0.15, 0.2) is 0 Å². The first-order chi connectivity index (χ1) is 19.7. The number of carbonyl (C=O) groups is 1. The van der Waals surface area contributed by atoms with Crippen LogP contribution < -0.4 is 5.32 Å². The molecule has 0 aliphatic heterocycles. The van der Waals surface area contributed by atoms with E-state index in [1.165, 1.54) is 37.7 Å². The average molecular weight is 527 g/mol. The van der Waals surface area contributed by atoms with E-state index in [0.717, 1.165) is 39.1 Å². The molecule has 1 fully saturated rings. The minimum absolute atomic E-state index is 0.0621. The van der Waals surface area contributed by atoms with Crippen LogP contribution in [-0.2, 0) is 16.0 Å². The van der Waals surface area contributed by atoms with Gasteiger partial charge in [-0.1, -0.05) is 86.0 Å². The molecule has 0 spiro atoms. The molecule has 1 aliphatic rings. The summed E-state index contributed by atoms with van der Waals surface area (Å²) in [4.78, 5) is 24.7. The summed E-state index contributed by atoms with van der Waals surface area (Å²) in [7, 11) is 0. The Labute approximate surface area is 235 Å². The highest BCUT2D eigenvalue weighted by Gasteiger charge is 2.23. The van der Waals surface area contributed by atoms with Gasteiger partial charge in [0.2, 0.25) is 12.2 Å². The van der Waals surface area contributed by atoms with Crippen LogP contribution in [0.25, 0.3) is 22.3 Å². The monoisotopic (exact) mass is 526 g/mol. The summed E-state index contributed by atoms with van der Waals surface area (Å²) in [6, 6.07) is 33.7. The normalized spacial score (nSPS) is 14.6. The zero-order chi connectivity index (χ0) is 27.3. The van der Waals surface area contributed by atoms with Crippen LogP contribution in [0.4, 0.5) is 5.69 Å². The van der Waals surface area contributed by atoms with Gasteiger partial charge in [0.1, 0.15) is 11.3 Å². The second-order valence-electron chi connectivity index (χ2n) is 10.8. The van der Waals surface area contributed by atoms with Crippen molar-refractivity contribution >= 4 is 28.8 Å². The third-order valence-corrected chi connectivity index (χ3v) is 8.11. The van der Waals surface area contributed by atoms with E-state index in [1.54, 1.807) is 12.1 Å². The number of nitrogens with one attached hydrogen (secondary N) is 1. The number of rotatable bonds is 8. The first-order valence-corrected chi connectivity index (χ1v) is 14.1. The Morgan fingerprint density at radius 3 is 2.27 bits per heavy atom. The second kappa shape index (κ2) is 11.7. The topological polar surface area (TPSA) is 59.3 Å². The molecule has 1 amide bonds. The molecule has 1 unspecified atom stereocenters. The van der Waals surface area contributed by atoms with Gasteiger partial charge in [-0.15, -0.1) is 0 Å². The molecule has 1 heterocycles. The zero-order valence-corrected chi connectivity index (χ0v) is 22.4. The van der Waals surface area contributed by atoms with Crippen LogP contribution in [0.3, 0.4) is 0 Å². The smallest absolute Gasteiger partial charge is 0.233 e. The largest absolute Gasteiger partial charge is 0.456 e. The van der Waals surface area contributed by atoms with Crippen molar-refractivity contribution in [1.29, 1.82) is 0 Å². The number of carbonyl (C=O) groups excluding carboxylic acids is 2. The number of anilines is 1. The molecule has 40 heavy (non-hydrogen) atoms. The van der Waals surface area contributed by atoms with Gasteiger partial charge < -0.3 is 9.73 Å². The Kier molecular flexibility index (Phi) is 7.58. The van der Waals surface area contributed by atoms with Gasteiger partial charge in [0.25, 0.3) is 0 Å². The second-order valence-corrected chi connectivity index (χ2v) is 10.8. The van der Waals surface area contributed by atoms with Crippen LogP contribution in [0.5, 0.6) is 0 Å². The molecule has 1 radical (unpaired) electrons. The third kappa shape index (κ3) is 5.76. The fourth-order valence-electron chi connectivity index (χ4n) is 5.81. The maximum absolute atomic E-state index is 13.7. The summed E-state index contributed by atoms with van der Waals surface area (Å²) in [5, 5.41) is 4.20. The maximum Gasteiger partial charge on any atom is 0.233 e. The van der Waals surface area contributed by atoms with Crippen molar-refractivity contribution in [2.75, 3.05) is 5.32 Å². The lowest BCUT2D eigenvalue weighted by Crippen LogP contribution is -2.23. The Morgan fingerprint density at radius 1 is 0.850 bits per heavy atom. The fraction of sp³-hybridized carbons (Fsp3) is 0.222. The van der Waals surface area contributed by atoms with Crippen LogP contribution in [0.1, 0.15) is 66.2 Å². The molecule has 4 aromatic carbocycles. The van der Waals surface area contributed by atoms with E-state index in [4.69, 9.17) is 4.42 Å². The van der Waals surface area contributed by atoms with Crippen molar-refractivity contribution in [2.45, 2.75) is 50.4 Å². The van der Waals surface area contributed by atoms with Crippen molar-refractivity contribution in [3.05, 3.63) is 125 Å². The van der Waals surface area contributed by atoms with Crippen LogP contribution in [0.15, 0.2) is 108 Å². The Hall–Kier alpha value is -4.44. The number of benzene rings is 4. The summed E-state index contributed by atoms with van der Waals surface area (Å²) < 4.78 is 6.00. The Bertz CT molecular complexity index is 1560. The molecule has 1 aliphatic carbocycles. The molecule has 0 saturated heterocycles.